The lowest BCUT2D eigenvalue weighted by atomic mass is 10.0. The molecule has 0 saturated carbocycles. The van der Waals surface area contributed by atoms with E-state index in [9.17, 15) is 0 Å². The highest BCUT2D eigenvalue weighted by molar-refractivity contribution is 5.39. The number of allylic oxidation sites excluding steroid dienone is 3. The van der Waals surface area contributed by atoms with E-state index in [1.807, 2.05) is 36.4 Å². The van der Waals surface area contributed by atoms with Gasteiger partial charge in [0.05, 0.1) is 0 Å². The van der Waals surface area contributed by atoms with Crippen LogP contribution < -0.4 is 4.74 Å². The van der Waals surface area contributed by atoms with E-state index in [0.717, 1.165) is 29.9 Å². The van der Waals surface area contributed by atoms with Crippen LogP contribution in [0.25, 0.3) is 0 Å². The lowest BCUT2D eigenvalue weighted by molar-refractivity contribution is 0.435. The Kier molecular flexibility index (Phi) is 2.90. The highest BCUT2D eigenvalue weighted by Gasteiger charge is 2.07. The van der Waals surface area contributed by atoms with Crippen LogP contribution in [0.4, 0.5) is 0 Å². The summed E-state index contributed by atoms with van der Waals surface area (Å²) in [5.41, 5.74) is 0.946. The largest absolute Gasteiger partial charge is 0.456 e. The molecule has 0 amide bonds. The summed E-state index contributed by atoms with van der Waals surface area (Å²) in [7, 11) is 0. The Morgan fingerprint density at radius 2 is 2.00 bits per heavy atom. The molecule has 1 heteroatoms. The average molecular weight is 196 g/mol. The minimum atomic E-state index is 0.801. The number of hydrogen-bond acceptors (Lipinski definition) is 1. The predicted molar refractivity (Wildman–Crippen MR) is 61.3 cm³/mol. The molecule has 1 nitrogen and oxygen atoms in total. The molecule has 0 radical (unpaired) electrons. The SMILES string of the molecule is C#CC1=C(Oc2ccccc2)C=CCC1. The van der Waals surface area contributed by atoms with Crippen molar-refractivity contribution in [3.63, 3.8) is 0 Å². The van der Waals surface area contributed by atoms with E-state index in [-0.39, 0.29) is 0 Å². The standard InChI is InChI=1S/C14H12O/c1-2-12-8-6-7-11-14(12)15-13-9-4-3-5-10-13/h1,3-5,7,9-11H,6,8H2. The molecule has 2 rings (SSSR count). The first-order valence-corrected chi connectivity index (χ1v) is 4.99. The monoisotopic (exact) mass is 196 g/mol. The van der Waals surface area contributed by atoms with Crippen molar-refractivity contribution in [2.45, 2.75) is 12.8 Å². The second-order valence-corrected chi connectivity index (χ2v) is 3.34. The van der Waals surface area contributed by atoms with Crippen LogP contribution in [0.15, 0.2) is 53.8 Å². The molecule has 0 unspecified atom stereocenters. The van der Waals surface area contributed by atoms with Crippen molar-refractivity contribution in [2.24, 2.45) is 0 Å². The van der Waals surface area contributed by atoms with Crippen LogP contribution in [-0.4, -0.2) is 0 Å². The van der Waals surface area contributed by atoms with Gasteiger partial charge in [0.2, 0.25) is 0 Å². The lowest BCUT2D eigenvalue weighted by Crippen LogP contribution is -2.00. The smallest absolute Gasteiger partial charge is 0.138 e. The minimum absolute atomic E-state index is 0.801. The summed E-state index contributed by atoms with van der Waals surface area (Å²) in [6.45, 7) is 0. The first-order chi connectivity index (χ1) is 7.40. The van der Waals surface area contributed by atoms with Crippen molar-refractivity contribution in [1.82, 2.24) is 0 Å². The van der Waals surface area contributed by atoms with Gasteiger partial charge in [-0.25, -0.2) is 0 Å². The van der Waals surface area contributed by atoms with Crippen LogP contribution in [0.3, 0.4) is 0 Å². The maximum absolute atomic E-state index is 5.71. The van der Waals surface area contributed by atoms with Gasteiger partial charge in [0.15, 0.2) is 0 Å². The van der Waals surface area contributed by atoms with Crippen LogP contribution in [0, 0.1) is 12.3 Å². The molecule has 0 spiro atoms. The van der Waals surface area contributed by atoms with Gasteiger partial charge in [-0.2, -0.15) is 0 Å². The second-order valence-electron chi connectivity index (χ2n) is 3.34. The van der Waals surface area contributed by atoms with Gasteiger partial charge in [-0.1, -0.05) is 30.2 Å². The highest BCUT2D eigenvalue weighted by Crippen LogP contribution is 2.22. The number of terminal acetylenes is 1. The van der Waals surface area contributed by atoms with E-state index < -0.39 is 0 Å². The zero-order valence-electron chi connectivity index (χ0n) is 8.44. The Balaban J connectivity index is 2.22. The van der Waals surface area contributed by atoms with Crippen molar-refractivity contribution in [3.05, 3.63) is 53.8 Å². The van der Waals surface area contributed by atoms with E-state index in [0.29, 0.717) is 0 Å². The van der Waals surface area contributed by atoms with Gasteiger partial charge in [-0.15, -0.1) is 6.42 Å². The van der Waals surface area contributed by atoms with Crippen LogP contribution in [0.1, 0.15) is 12.8 Å². The molecule has 1 aliphatic rings. The van der Waals surface area contributed by atoms with Crippen molar-refractivity contribution in [1.29, 1.82) is 0 Å². The van der Waals surface area contributed by atoms with Gasteiger partial charge in [0.1, 0.15) is 11.5 Å². The van der Waals surface area contributed by atoms with Crippen LogP contribution in [0.2, 0.25) is 0 Å². The average Bonchev–Trinajstić information content (AvgIpc) is 2.31. The third-order valence-electron chi connectivity index (χ3n) is 2.27. The lowest BCUT2D eigenvalue weighted by Gasteiger charge is -2.12. The predicted octanol–water partition coefficient (Wildman–Crippen LogP) is 3.30. The van der Waals surface area contributed by atoms with Crippen LogP contribution in [0.5, 0.6) is 5.75 Å². The zero-order chi connectivity index (χ0) is 10.5. The third kappa shape index (κ3) is 2.30. The van der Waals surface area contributed by atoms with Crippen molar-refractivity contribution < 1.29 is 4.74 Å². The van der Waals surface area contributed by atoms with Gasteiger partial charge in [0.25, 0.3) is 0 Å². The molecule has 74 valence electrons. The first-order valence-electron chi connectivity index (χ1n) is 4.99. The highest BCUT2D eigenvalue weighted by atomic mass is 16.5. The third-order valence-corrected chi connectivity index (χ3v) is 2.27. The number of rotatable bonds is 2. The molecule has 1 aliphatic carbocycles. The molecule has 0 heterocycles. The molecular weight excluding hydrogens is 184 g/mol. The van der Waals surface area contributed by atoms with Crippen molar-refractivity contribution in [2.75, 3.05) is 0 Å². The fourth-order valence-corrected chi connectivity index (χ4v) is 1.50. The number of para-hydroxylation sites is 1. The molecule has 1 aromatic rings. The van der Waals surface area contributed by atoms with Gasteiger partial charge in [-0.05, 0) is 31.1 Å². The van der Waals surface area contributed by atoms with E-state index in [1.54, 1.807) is 0 Å². The molecule has 0 N–H and O–H groups in total. The molecule has 0 bridgehead atoms. The minimum Gasteiger partial charge on any atom is -0.456 e. The summed E-state index contributed by atoms with van der Waals surface area (Å²) in [5, 5.41) is 0. The van der Waals surface area contributed by atoms with Crippen LogP contribution >= 0.6 is 0 Å². The summed E-state index contributed by atoms with van der Waals surface area (Å²) in [5.74, 6) is 4.30. The Bertz CT molecular complexity index is 432. The number of hydrogen-bond donors (Lipinski definition) is 0. The number of ether oxygens (including phenoxy) is 1. The van der Waals surface area contributed by atoms with Gasteiger partial charge >= 0.3 is 0 Å². The summed E-state index contributed by atoms with van der Waals surface area (Å²) in [6.07, 6.45) is 11.4. The maximum Gasteiger partial charge on any atom is 0.138 e. The zero-order valence-corrected chi connectivity index (χ0v) is 8.44. The fourth-order valence-electron chi connectivity index (χ4n) is 1.50. The topological polar surface area (TPSA) is 9.23 Å². The Hall–Kier alpha value is -1.94. The molecule has 0 aliphatic heterocycles. The number of benzene rings is 1. The van der Waals surface area contributed by atoms with E-state index in [2.05, 4.69) is 12.0 Å². The van der Waals surface area contributed by atoms with Crippen molar-refractivity contribution >= 4 is 0 Å². The van der Waals surface area contributed by atoms with Gasteiger partial charge in [0, 0.05) is 5.57 Å². The summed E-state index contributed by atoms with van der Waals surface area (Å²) < 4.78 is 5.71. The Labute approximate surface area is 90.1 Å². The summed E-state index contributed by atoms with van der Waals surface area (Å²) >= 11 is 0. The normalized spacial score (nSPS) is 14.9. The molecule has 1 aromatic carbocycles. The van der Waals surface area contributed by atoms with E-state index >= 15 is 0 Å². The first kappa shape index (κ1) is 9.61. The second kappa shape index (κ2) is 4.52. The Morgan fingerprint density at radius 3 is 2.73 bits per heavy atom. The molecule has 15 heavy (non-hydrogen) atoms. The van der Waals surface area contributed by atoms with Crippen molar-refractivity contribution in [3.8, 4) is 18.1 Å². The molecule has 0 saturated heterocycles. The Morgan fingerprint density at radius 1 is 1.20 bits per heavy atom. The molecule has 0 atom stereocenters. The van der Waals surface area contributed by atoms with Gasteiger partial charge in [-0.3, -0.25) is 0 Å². The molecule has 0 fully saturated rings. The van der Waals surface area contributed by atoms with E-state index in [4.69, 9.17) is 11.2 Å². The van der Waals surface area contributed by atoms with E-state index in [1.165, 1.54) is 0 Å². The quantitative estimate of drug-likeness (QED) is 0.659. The molecular formula is C14H12O. The summed E-state index contributed by atoms with van der Waals surface area (Å²) in [6, 6.07) is 9.68. The summed E-state index contributed by atoms with van der Waals surface area (Å²) in [4.78, 5) is 0. The van der Waals surface area contributed by atoms with Crippen LogP contribution in [-0.2, 0) is 0 Å². The van der Waals surface area contributed by atoms with Gasteiger partial charge < -0.3 is 4.74 Å². The fraction of sp³-hybridized carbons (Fsp3) is 0.143. The molecule has 0 aromatic heterocycles. The maximum atomic E-state index is 5.71.